The number of carbonyl (C=O) groups excluding carboxylic acids is 2. The largest absolute Gasteiger partial charge is 0.468 e. The van der Waals surface area contributed by atoms with Crippen molar-refractivity contribution in [3.63, 3.8) is 0 Å². The lowest BCUT2D eigenvalue weighted by Gasteiger charge is -2.11. The molecule has 0 saturated heterocycles. The Labute approximate surface area is 77.8 Å². The minimum Gasteiger partial charge on any atom is -0.468 e. The van der Waals surface area contributed by atoms with Gasteiger partial charge in [0.05, 0.1) is 19.7 Å². The highest BCUT2D eigenvalue weighted by atomic mass is 16.5. The maximum Gasteiger partial charge on any atom is 0.319 e. The van der Waals surface area contributed by atoms with Crippen LogP contribution in [0.1, 0.15) is 13.8 Å². The third-order valence-corrected chi connectivity index (χ3v) is 1.52. The molecule has 2 N–H and O–H groups in total. The molecule has 0 radical (unpaired) electrons. The zero-order valence-corrected chi connectivity index (χ0v) is 8.22. The zero-order chi connectivity index (χ0) is 10.3. The van der Waals surface area contributed by atoms with Gasteiger partial charge in [0.25, 0.3) is 0 Å². The van der Waals surface area contributed by atoms with E-state index in [0.717, 1.165) is 0 Å². The van der Waals surface area contributed by atoms with Crippen LogP contribution in [0.3, 0.4) is 0 Å². The Balaban J connectivity index is 3.67. The number of esters is 1. The summed E-state index contributed by atoms with van der Waals surface area (Å²) in [5.41, 5.74) is 0. The van der Waals surface area contributed by atoms with Crippen LogP contribution in [0.15, 0.2) is 0 Å². The predicted octanol–water partition coefficient (Wildman–Crippen LogP) is -0.726. The van der Waals surface area contributed by atoms with Crippen molar-refractivity contribution in [3.8, 4) is 0 Å². The fourth-order valence-corrected chi connectivity index (χ4v) is 0.729. The molecule has 1 atom stereocenters. The van der Waals surface area contributed by atoms with Gasteiger partial charge >= 0.3 is 5.97 Å². The van der Waals surface area contributed by atoms with Crippen LogP contribution in [-0.2, 0) is 14.3 Å². The van der Waals surface area contributed by atoms with Crippen molar-refractivity contribution in [3.05, 3.63) is 0 Å². The molecular weight excluding hydrogens is 172 g/mol. The first-order chi connectivity index (χ1) is 6.11. The maximum atomic E-state index is 11.1. The van der Waals surface area contributed by atoms with E-state index in [-0.39, 0.29) is 24.5 Å². The number of likely N-dealkylation sites (N-methyl/N-ethyl adjacent to an activating group) is 1. The molecule has 0 aliphatic heterocycles. The van der Waals surface area contributed by atoms with E-state index in [4.69, 9.17) is 0 Å². The van der Waals surface area contributed by atoms with E-state index in [2.05, 4.69) is 15.4 Å². The van der Waals surface area contributed by atoms with Crippen molar-refractivity contribution in [2.24, 2.45) is 0 Å². The van der Waals surface area contributed by atoms with Crippen molar-refractivity contribution in [1.29, 1.82) is 0 Å². The van der Waals surface area contributed by atoms with Crippen molar-refractivity contribution < 1.29 is 14.3 Å². The van der Waals surface area contributed by atoms with Gasteiger partial charge in [-0.15, -0.1) is 0 Å². The van der Waals surface area contributed by atoms with Crippen LogP contribution in [0, 0.1) is 0 Å². The van der Waals surface area contributed by atoms with Crippen LogP contribution < -0.4 is 10.6 Å². The number of nitrogens with one attached hydrogen (secondary N) is 2. The van der Waals surface area contributed by atoms with Gasteiger partial charge in [0.2, 0.25) is 5.91 Å². The average Bonchev–Trinajstić information content (AvgIpc) is 2.13. The Kier molecular flexibility index (Phi) is 5.88. The summed E-state index contributed by atoms with van der Waals surface area (Å²) >= 11 is 0. The molecule has 5 nitrogen and oxygen atoms in total. The van der Waals surface area contributed by atoms with E-state index < -0.39 is 0 Å². The lowest BCUT2D eigenvalue weighted by atomic mass is 10.3. The summed E-state index contributed by atoms with van der Waals surface area (Å²) in [6.45, 7) is 4.16. The van der Waals surface area contributed by atoms with Crippen LogP contribution in [0.25, 0.3) is 0 Å². The van der Waals surface area contributed by atoms with Gasteiger partial charge in [-0.2, -0.15) is 0 Å². The Morgan fingerprint density at radius 2 is 2.08 bits per heavy atom. The standard InChI is InChI=1S/C8H16N2O3/c1-4-9-8(12)6(2)10-5-7(11)13-3/h6,10H,4-5H2,1-3H3,(H,9,12). The quantitative estimate of drug-likeness (QED) is 0.558. The highest BCUT2D eigenvalue weighted by Crippen LogP contribution is 1.81. The number of hydrogen-bond donors (Lipinski definition) is 2. The summed E-state index contributed by atoms with van der Waals surface area (Å²) in [6.07, 6.45) is 0. The molecule has 0 fully saturated rings. The van der Waals surface area contributed by atoms with Gasteiger partial charge < -0.3 is 10.1 Å². The third-order valence-electron chi connectivity index (χ3n) is 1.52. The fourth-order valence-electron chi connectivity index (χ4n) is 0.729. The van der Waals surface area contributed by atoms with Crippen molar-refractivity contribution in [1.82, 2.24) is 10.6 Å². The van der Waals surface area contributed by atoms with Crippen LogP contribution in [0.2, 0.25) is 0 Å². The Morgan fingerprint density at radius 3 is 2.54 bits per heavy atom. The normalized spacial score (nSPS) is 11.9. The highest BCUT2D eigenvalue weighted by molar-refractivity contribution is 5.82. The number of carbonyl (C=O) groups is 2. The highest BCUT2D eigenvalue weighted by Gasteiger charge is 2.12. The van der Waals surface area contributed by atoms with Gasteiger partial charge in [-0.3, -0.25) is 14.9 Å². The molecular formula is C8H16N2O3. The van der Waals surface area contributed by atoms with Crippen LogP contribution in [-0.4, -0.2) is 38.1 Å². The molecule has 1 unspecified atom stereocenters. The van der Waals surface area contributed by atoms with Crippen molar-refractivity contribution >= 4 is 11.9 Å². The first-order valence-corrected chi connectivity index (χ1v) is 4.19. The number of amides is 1. The van der Waals surface area contributed by atoms with E-state index in [1.807, 2.05) is 6.92 Å². The first kappa shape index (κ1) is 11.9. The zero-order valence-electron chi connectivity index (χ0n) is 8.22. The van der Waals surface area contributed by atoms with Gasteiger partial charge in [0, 0.05) is 6.54 Å². The lowest BCUT2D eigenvalue weighted by Crippen LogP contribution is -2.44. The fraction of sp³-hybridized carbons (Fsp3) is 0.750. The van der Waals surface area contributed by atoms with Crippen molar-refractivity contribution in [2.75, 3.05) is 20.2 Å². The van der Waals surface area contributed by atoms with Gasteiger partial charge in [-0.05, 0) is 13.8 Å². The Bertz CT molecular complexity index is 182. The van der Waals surface area contributed by atoms with Crippen LogP contribution in [0.5, 0.6) is 0 Å². The molecule has 0 heterocycles. The van der Waals surface area contributed by atoms with E-state index >= 15 is 0 Å². The number of methoxy groups -OCH3 is 1. The van der Waals surface area contributed by atoms with Gasteiger partial charge in [0.15, 0.2) is 0 Å². The average molecular weight is 188 g/mol. The summed E-state index contributed by atoms with van der Waals surface area (Å²) in [7, 11) is 1.31. The Hall–Kier alpha value is -1.10. The molecule has 0 bridgehead atoms. The molecule has 5 heteroatoms. The van der Waals surface area contributed by atoms with Gasteiger partial charge in [-0.1, -0.05) is 0 Å². The smallest absolute Gasteiger partial charge is 0.319 e. The van der Waals surface area contributed by atoms with E-state index in [0.29, 0.717) is 6.54 Å². The molecule has 0 aliphatic rings. The summed E-state index contributed by atoms with van der Waals surface area (Å²) in [4.78, 5) is 21.8. The number of ether oxygens (including phenoxy) is 1. The first-order valence-electron chi connectivity index (χ1n) is 4.19. The van der Waals surface area contributed by atoms with Crippen molar-refractivity contribution in [2.45, 2.75) is 19.9 Å². The molecule has 0 aromatic heterocycles. The second kappa shape index (κ2) is 6.42. The third kappa shape index (κ3) is 5.19. The summed E-state index contributed by atoms with van der Waals surface area (Å²) < 4.78 is 4.41. The molecule has 0 aromatic carbocycles. The topological polar surface area (TPSA) is 67.4 Å². The van der Waals surface area contributed by atoms with E-state index in [1.165, 1.54) is 7.11 Å². The monoisotopic (exact) mass is 188 g/mol. The Morgan fingerprint density at radius 1 is 1.46 bits per heavy atom. The molecule has 0 saturated carbocycles. The number of hydrogen-bond acceptors (Lipinski definition) is 4. The molecule has 1 amide bonds. The molecule has 0 aliphatic carbocycles. The summed E-state index contributed by atoms with van der Waals surface area (Å²) in [5.74, 6) is -0.498. The minimum atomic E-state index is -0.379. The van der Waals surface area contributed by atoms with Crippen LogP contribution >= 0.6 is 0 Å². The second-order valence-corrected chi connectivity index (χ2v) is 2.57. The SMILES string of the molecule is CCNC(=O)C(C)NCC(=O)OC. The second-order valence-electron chi connectivity index (χ2n) is 2.57. The minimum absolute atomic E-state index is 0.0504. The molecule has 0 aromatic rings. The van der Waals surface area contributed by atoms with Gasteiger partial charge in [0.1, 0.15) is 0 Å². The summed E-state index contributed by atoms with van der Waals surface area (Å²) in [6, 6.07) is -0.376. The molecule has 76 valence electrons. The molecule has 0 rings (SSSR count). The lowest BCUT2D eigenvalue weighted by molar-refractivity contribution is -0.139. The number of rotatable bonds is 5. The predicted molar refractivity (Wildman–Crippen MR) is 48.2 cm³/mol. The maximum absolute atomic E-state index is 11.1. The summed E-state index contributed by atoms with van der Waals surface area (Å²) in [5, 5.41) is 5.36. The van der Waals surface area contributed by atoms with Crippen LogP contribution in [0.4, 0.5) is 0 Å². The van der Waals surface area contributed by atoms with Gasteiger partial charge in [-0.25, -0.2) is 0 Å². The van der Waals surface area contributed by atoms with E-state index in [1.54, 1.807) is 6.92 Å². The molecule has 0 spiro atoms. The molecule has 13 heavy (non-hydrogen) atoms. The van der Waals surface area contributed by atoms with E-state index in [9.17, 15) is 9.59 Å².